The van der Waals surface area contributed by atoms with E-state index < -0.39 is 17.6 Å². The number of hydrogen-bond donors (Lipinski definition) is 0. The zero-order chi connectivity index (χ0) is 15.7. The number of hydrogen-bond acceptors (Lipinski definition) is 3. The predicted octanol–water partition coefficient (Wildman–Crippen LogP) is 4.56. The fourth-order valence-corrected chi connectivity index (χ4v) is 1.91. The molecule has 3 rings (SSSR count). The molecule has 2 aromatic carbocycles. The standard InChI is InChI=1S/C15H8F4N2O/c16-12-7-2-1-6-11(12)14-21-20-13(22-14)9-4-3-5-10(8-9)15(17,18)19/h1-8H. The zero-order valence-electron chi connectivity index (χ0n) is 10.9. The van der Waals surface area contributed by atoms with E-state index in [2.05, 4.69) is 10.2 Å². The summed E-state index contributed by atoms with van der Waals surface area (Å²) in [4.78, 5) is 0. The lowest BCUT2D eigenvalue weighted by Gasteiger charge is -2.06. The van der Waals surface area contributed by atoms with E-state index in [4.69, 9.17) is 4.42 Å². The van der Waals surface area contributed by atoms with Gasteiger partial charge in [0.05, 0.1) is 11.1 Å². The zero-order valence-corrected chi connectivity index (χ0v) is 10.9. The highest BCUT2D eigenvalue weighted by Crippen LogP contribution is 2.32. The quantitative estimate of drug-likeness (QED) is 0.651. The molecule has 0 fully saturated rings. The van der Waals surface area contributed by atoms with Crippen LogP contribution in [-0.2, 0) is 6.18 Å². The molecule has 0 spiro atoms. The van der Waals surface area contributed by atoms with Crippen molar-refractivity contribution in [3.63, 3.8) is 0 Å². The minimum absolute atomic E-state index is 0.0909. The lowest BCUT2D eigenvalue weighted by Crippen LogP contribution is -2.04. The molecule has 0 aliphatic heterocycles. The molecular formula is C15H8F4N2O. The Morgan fingerprint density at radius 1 is 0.864 bits per heavy atom. The Hall–Kier alpha value is -2.70. The highest BCUT2D eigenvalue weighted by molar-refractivity contribution is 5.59. The van der Waals surface area contributed by atoms with Crippen molar-refractivity contribution in [2.24, 2.45) is 0 Å². The molecule has 0 saturated heterocycles. The van der Waals surface area contributed by atoms with Gasteiger partial charge in [0.15, 0.2) is 0 Å². The lowest BCUT2D eigenvalue weighted by molar-refractivity contribution is -0.137. The molecule has 22 heavy (non-hydrogen) atoms. The van der Waals surface area contributed by atoms with Crippen molar-refractivity contribution in [2.75, 3.05) is 0 Å². The van der Waals surface area contributed by atoms with Crippen LogP contribution in [-0.4, -0.2) is 10.2 Å². The van der Waals surface area contributed by atoms with Crippen molar-refractivity contribution in [3.05, 3.63) is 59.9 Å². The molecule has 0 aliphatic rings. The summed E-state index contributed by atoms with van der Waals surface area (Å²) < 4.78 is 57.0. The third-order valence-corrected chi connectivity index (χ3v) is 2.97. The summed E-state index contributed by atoms with van der Waals surface area (Å²) in [6, 6.07) is 10.3. The molecule has 0 saturated carbocycles. The molecule has 0 radical (unpaired) electrons. The minimum atomic E-state index is -4.47. The molecule has 0 N–H and O–H groups in total. The van der Waals surface area contributed by atoms with Gasteiger partial charge in [-0.25, -0.2) is 4.39 Å². The van der Waals surface area contributed by atoms with Gasteiger partial charge in [0.2, 0.25) is 5.89 Å². The van der Waals surface area contributed by atoms with Gasteiger partial charge in [-0.3, -0.25) is 0 Å². The van der Waals surface area contributed by atoms with Gasteiger partial charge in [-0.05, 0) is 30.3 Å². The topological polar surface area (TPSA) is 38.9 Å². The summed E-state index contributed by atoms with van der Waals surface area (Å²) in [6.07, 6.45) is -4.47. The minimum Gasteiger partial charge on any atom is -0.416 e. The molecule has 0 bridgehead atoms. The Morgan fingerprint density at radius 3 is 2.32 bits per heavy atom. The summed E-state index contributed by atoms with van der Waals surface area (Å²) in [5.41, 5.74) is -0.617. The van der Waals surface area contributed by atoms with E-state index in [1.165, 1.54) is 30.3 Å². The second-order valence-corrected chi connectivity index (χ2v) is 4.47. The van der Waals surface area contributed by atoms with Gasteiger partial charge in [-0.15, -0.1) is 10.2 Å². The lowest BCUT2D eigenvalue weighted by atomic mass is 10.1. The first-order valence-corrected chi connectivity index (χ1v) is 6.21. The largest absolute Gasteiger partial charge is 0.416 e. The highest BCUT2D eigenvalue weighted by Gasteiger charge is 2.30. The van der Waals surface area contributed by atoms with Crippen LogP contribution in [0.1, 0.15) is 5.56 Å². The van der Waals surface area contributed by atoms with Gasteiger partial charge >= 0.3 is 6.18 Å². The van der Waals surface area contributed by atoms with Crippen LogP contribution in [0, 0.1) is 5.82 Å². The summed E-state index contributed by atoms with van der Waals surface area (Å²) >= 11 is 0. The average molecular weight is 308 g/mol. The van der Waals surface area contributed by atoms with Crippen molar-refractivity contribution in [1.29, 1.82) is 0 Å². The highest BCUT2D eigenvalue weighted by atomic mass is 19.4. The van der Waals surface area contributed by atoms with Crippen molar-refractivity contribution < 1.29 is 22.0 Å². The molecule has 0 aliphatic carbocycles. The van der Waals surface area contributed by atoms with Crippen molar-refractivity contribution in [1.82, 2.24) is 10.2 Å². The molecule has 7 heteroatoms. The molecular weight excluding hydrogens is 300 g/mol. The van der Waals surface area contributed by atoms with Crippen LogP contribution < -0.4 is 0 Å². The summed E-state index contributed by atoms with van der Waals surface area (Å²) in [6.45, 7) is 0. The fraction of sp³-hybridized carbons (Fsp3) is 0.0667. The van der Waals surface area contributed by atoms with Crippen LogP contribution in [0.2, 0.25) is 0 Å². The number of nitrogens with zero attached hydrogens (tertiary/aromatic N) is 2. The summed E-state index contributed by atoms with van der Waals surface area (Å²) in [5.74, 6) is -0.753. The predicted molar refractivity (Wildman–Crippen MR) is 70.1 cm³/mol. The fourth-order valence-electron chi connectivity index (χ4n) is 1.91. The molecule has 1 aromatic heterocycles. The van der Waals surface area contributed by atoms with Crippen LogP contribution in [0.3, 0.4) is 0 Å². The van der Waals surface area contributed by atoms with E-state index in [1.54, 1.807) is 6.07 Å². The number of benzene rings is 2. The van der Waals surface area contributed by atoms with Gasteiger partial charge in [-0.1, -0.05) is 18.2 Å². The average Bonchev–Trinajstić information content (AvgIpc) is 2.97. The molecule has 3 nitrogen and oxygen atoms in total. The van der Waals surface area contributed by atoms with Crippen molar-refractivity contribution >= 4 is 0 Å². The number of rotatable bonds is 2. The van der Waals surface area contributed by atoms with Crippen LogP contribution in [0.5, 0.6) is 0 Å². The van der Waals surface area contributed by atoms with E-state index in [9.17, 15) is 17.6 Å². The summed E-state index contributed by atoms with van der Waals surface area (Å²) in [7, 11) is 0. The summed E-state index contributed by atoms with van der Waals surface area (Å²) in [5, 5.41) is 7.35. The number of aromatic nitrogens is 2. The Labute approximate surface area is 122 Å². The van der Waals surface area contributed by atoms with E-state index in [0.29, 0.717) is 0 Å². The van der Waals surface area contributed by atoms with Gasteiger partial charge in [0.25, 0.3) is 5.89 Å². The molecule has 3 aromatic rings. The van der Waals surface area contributed by atoms with E-state index in [0.717, 1.165) is 12.1 Å². The first-order valence-electron chi connectivity index (χ1n) is 6.21. The van der Waals surface area contributed by atoms with Gasteiger partial charge in [0.1, 0.15) is 5.82 Å². The van der Waals surface area contributed by atoms with Crippen LogP contribution in [0.15, 0.2) is 52.9 Å². The maximum atomic E-state index is 13.6. The van der Waals surface area contributed by atoms with Crippen LogP contribution in [0.25, 0.3) is 22.9 Å². The van der Waals surface area contributed by atoms with Crippen molar-refractivity contribution in [2.45, 2.75) is 6.18 Å². The van der Waals surface area contributed by atoms with Gasteiger partial charge in [0, 0.05) is 5.56 Å². The van der Waals surface area contributed by atoms with Crippen molar-refractivity contribution in [3.8, 4) is 22.9 Å². The molecule has 0 unspecified atom stereocenters. The second-order valence-electron chi connectivity index (χ2n) is 4.47. The normalized spacial score (nSPS) is 11.6. The van der Waals surface area contributed by atoms with E-state index in [-0.39, 0.29) is 22.9 Å². The Bertz CT molecular complexity index is 811. The number of alkyl halides is 3. The smallest absolute Gasteiger partial charge is 0.416 e. The number of halogens is 4. The van der Waals surface area contributed by atoms with Crippen LogP contribution >= 0.6 is 0 Å². The van der Waals surface area contributed by atoms with Gasteiger partial charge < -0.3 is 4.42 Å². The first kappa shape index (κ1) is 14.2. The third-order valence-electron chi connectivity index (χ3n) is 2.97. The third kappa shape index (κ3) is 2.69. The first-order chi connectivity index (χ1) is 10.4. The molecule has 1 heterocycles. The molecule has 0 amide bonds. The molecule has 112 valence electrons. The SMILES string of the molecule is Fc1ccccc1-c1nnc(-c2cccc(C(F)(F)F)c2)o1. The van der Waals surface area contributed by atoms with E-state index >= 15 is 0 Å². The van der Waals surface area contributed by atoms with E-state index in [1.807, 2.05) is 0 Å². The van der Waals surface area contributed by atoms with Crippen LogP contribution in [0.4, 0.5) is 17.6 Å². The second kappa shape index (κ2) is 5.25. The van der Waals surface area contributed by atoms with Gasteiger partial charge in [-0.2, -0.15) is 13.2 Å². The monoisotopic (exact) mass is 308 g/mol. The Morgan fingerprint density at radius 2 is 1.59 bits per heavy atom. The molecule has 0 atom stereocenters. The maximum Gasteiger partial charge on any atom is 0.416 e. The Balaban J connectivity index is 2.00. The maximum absolute atomic E-state index is 13.6. The Kier molecular flexibility index (Phi) is 3.40.